The summed E-state index contributed by atoms with van der Waals surface area (Å²) in [5.41, 5.74) is 7.65. The van der Waals surface area contributed by atoms with Crippen molar-refractivity contribution in [2.45, 2.75) is 25.6 Å². The fourth-order valence-corrected chi connectivity index (χ4v) is 1.46. The Hall–Kier alpha value is -1.10. The molecule has 0 spiro atoms. The Labute approximate surface area is 89.0 Å². The standard InChI is InChI=1S/C11H17NO3/c1-7-3-2-4-8(10(7)12)11(15)9(14)5-6-13/h2-4,9,11,13-15H,5-6,12H2,1H3. The lowest BCUT2D eigenvalue weighted by atomic mass is 9.98. The molecule has 4 heteroatoms. The van der Waals surface area contributed by atoms with Crippen LogP contribution in [-0.4, -0.2) is 28.0 Å². The van der Waals surface area contributed by atoms with Crippen molar-refractivity contribution >= 4 is 5.69 Å². The third-order valence-electron chi connectivity index (χ3n) is 2.47. The second-order valence-electron chi connectivity index (χ2n) is 3.60. The quantitative estimate of drug-likeness (QED) is 0.541. The molecule has 0 aromatic heterocycles. The number of aliphatic hydroxyl groups is 3. The predicted octanol–water partition coefficient (Wildman–Crippen LogP) is 0.354. The normalized spacial score (nSPS) is 14.9. The number of para-hydroxylation sites is 1. The number of hydrogen-bond donors (Lipinski definition) is 4. The van der Waals surface area contributed by atoms with Crippen molar-refractivity contribution in [3.8, 4) is 0 Å². The Kier molecular flexibility index (Phi) is 4.08. The van der Waals surface area contributed by atoms with Gasteiger partial charge in [0.05, 0.1) is 6.10 Å². The fourth-order valence-electron chi connectivity index (χ4n) is 1.46. The summed E-state index contributed by atoms with van der Waals surface area (Å²) in [7, 11) is 0. The van der Waals surface area contributed by atoms with E-state index in [1.54, 1.807) is 12.1 Å². The first kappa shape index (κ1) is 12.0. The maximum absolute atomic E-state index is 9.78. The molecule has 0 amide bonds. The van der Waals surface area contributed by atoms with Gasteiger partial charge in [-0.2, -0.15) is 0 Å². The minimum Gasteiger partial charge on any atom is -0.398 e. The molecule has 4 nitrogen and oxygen atoms in total. The van der Waals surface area contributed by atoms with E-state index in [1.165, 1.54) is 0 Å². The van der Waals surface area contributed by atoms with Gasteiger partial charge in [0, 0.05) is 17.9 Å². The highest BCUT2D eigenvalue weighted by atomic mass is 16.3. The van der Waals surface area contributed by atoms with Crippen LogP contribution in [0.1, 0.15) is 23.7 Å². The van der Waals surface area contributed by atoms with Crippen LogP contribution in [0, 0.1) is 6.92 Å². The van der Waals surface area contributed by atoms with Crippen molar-refractivity contribution in [1.29, 1.82) is 0 Å². The number of anilines is 1. The lowest BCUT2D eigenvalue weighted by Gasteiger charge is -2.19. The molecule has 0 aliphatic heterocycles. The summed E-state index contributed by atoms with van der Waals surface area (Å²) in [4.78, 5) is 0. The van der Waals surface area contributed by atoms with Crippen molar-refractivity contribution in [1.82, 2.24) is 0 Å². The van der Waals surface area contributed by atoms with Gasteiger partial charge in [0.25, 0.3) is 0 Å². The van der Waals surface area contributed by atoms with E-state index in [-0.39, 0.29) is 13.0 Å². The molecule has 1 rings (SSSR count). The van der Waals surface area contributed by atoms with Crippen molar-refractivity contribution < 1.29 is 15.3 Å². The van der Waals surface area contributed by atoms with Crippen LogP contribution in [0.4, 0.5) is 5.69 Å². The highest BCUT2D eigenvalue weighted by molar-refractivity contribution is 5.54. The second kappa shape index (κ2) is 5.11. The molecule has 2 atom stereocenters. The van der Waals surface area contributed by atoms with Crippen molar-refractivity contribution in [3.63, 3.8) is 0 Å². The average Bonchev–Trinajstić information content (AvgIpc) is 2.21. The van der Waals surface area contributed by atoms with Crippen LogP contribution in [0.15, 0.2) is 18.2 Å². The minimum absolute atomic E-state index is 0.133. The molecule has 0 saturated heterocycles. The van der Waals surface area contributed by atoms with Crippen LogP contribution in [0.5, 0.6) is 0 Å². The molecule has 0 aliphatic carbocycles. The number of rotatable bonds is 4. The highest BCUT2D eigenvalue weighted by Crippen LogP contribution is 2.26. The molecule has 0 radical (unpaired) electrons. The van der Waals surface area contributed by atoms with Crippen molar-refractivity contribution in [3.05, 3.63) is 29.3 Å². The maximum atomic E-state index is 9.78. The van der Waals surface area contributed by atoms with Crippen molar-refractivity contribution in [2.24, 2.45) is 0 Å². The number of hydrogen-bond acceptors (Lipinski definition) is 4. The fraction of sp³-hybridized carbons (Fsp3) is 0.455. The molecule has 0 bridgehead atoms. The molecule has 84 valence electrons. The molecular formula is C11H17NO3. The molecule has 1 aromatic rings. The van der Waals surface area contributed by atoms with E-state index in [4.69, 9.17) is 10.8 Å². The van der Waals surface area contributed by atoms with Gasteiger partial charge in [-0.25, -0.2) is 0 Å². The number of nitrogens with two attached hydrogens (primary N) is 1. The molecule has 0 aliphatic rings. The molecule has 2 unspecified atom stereocenters. The molecular weight excluding hydrogens is 194 g/mol. The largest absolute Gasteiger partial charge is 0.398 e. The number of aliphatic hydroxyl groups excluding tert-OH is 3. The van der Waals surface area contributed by atoms with E-state index < -0.39 is 12.2 Å². The Balaban J connectivity index is 2.90. The smallest absolute Gasteiger partial charge is 0.107 e. The lowest BCUT2D eigenvalue weighted by molar-refractivity contribution is 0.00459. The SMILES string of the molecule is Cc1cccc(C(O)C(O)CCO)c1N. The van der Waals surface area contributed by atoms with Gasteiger partial charge >= 0.3 is 0 Å². The Bertz CT molecular complexity index is 328. The van der Waals surface area contributed by atoms with E-state index in [0.29, 0.717) is 11.3 Å². The number of nitrogen functional groups attached to an aromatic ring is 1. The zero-order valence-corrected chi connectivity index (χ0v) is 8.72. The van der Waals surface area contributed by atoms with Gasteiger partial charge in [-0.3, -0.25) is 0 Å². The Morgan fingerprint density at radius 3 is 2.60 bits per heavy atom. The topological polar surface area (TPSA) is 86.7 Å². The monoisotopic (exact) mass is 211 g/mol. The van der Waals surface area contributed by atoms with Crippen LogP contribution >= 0.6 is 0 Å². The second-order valence-corrected chi connectivity index (χ2v) is 3.60. The van der Waals surface area contributed by atoms with E-state index in [2.05, 4.69) is 0 Å². The number of aryl methyl sites for hydroxylation is 1. The molecule has 0 saturated carbocycles. The Morgan fingerprint density at radius 2 is 2.00 bits per heavy atom. The van der Waals surface area contributed by atoms with E-state index >= 15 is 0 Å². The highest BCUT2D eigenvalue weighted by Gasteiger charge is 2.20. The van der Waals surface area contributed by atoms with Crippen LogP contribution in [-0.2, 0) is 0 Å². The van der Waals surface area contributed by atoms with Gasteiger partial charge < -0.3 is 21.1 Å². The summed E-state index contributed by atoms with van der Waals surface area (Å²) in [5.74, 6) is 0. The van der Waals surface area contributed by atoms with Crippen molar-refractivity contribution in [2.75, 3.05) is 12.3 Å². The summed E-state index contributed by atoms with van der Waals surface area (Å²) in [6.07, 6.45) is -1.90. The van der Waals surface area contributed by atoms with Gasteiger partial charge in [0.15, 0.2) is 0 Å². The summed E-state index contributed by atoms with van der Waals surface area (Å²) in [6, 6.07) is 5.29. The molecule has 1 aromatic carbocycles. The maximum Gasteiger partial charge on any atom is 0.107 e. The summed E-state index contributed by atoms with van der Waals surface area (Å²) in [5, 5.41) is 28.0. The third kappa shape index (κ3) is 2.68. The lowest BCUT2D eigenvalue weighted by Crippen LogP contribution is -2.20. The summed E-state index contributed by atoms with van der Waals surface area (Å²) >= 11 is 0. The van der Waals surface area contributed by atoms with Crippen LogP contribution in [0.2, 0.25) is 0 Å². The molecule has 15 heavy (non-hydrogen) atoms. The minimum atomic E-state index is -1.04. The zero-order valence-electron chi connectivity index (χ0n) is 8.72. The first-order valence-corrected chi connectivity index (χ1v) is 4.90. The van der Waals surface area contributed by atoms with E-state index in [9.17, 15) is 10.2 Å². The van der Waals surface area contributed by atoms with E-state index in [0.717, 1.165) is 5.56 Å². The third-order valence-corrected chi connectivity index (χ3v) is 2.47. The zero-order chi connectivity index (χ0) is 11.4. The van der Waals surface area contributed by atoms with Crippen LogP contribution < -0.4 is 5.73 Å². The summed E-state index contributed by atoms with van der Waals surface area (Å²) < 4.78 is 0. The average molecular weight is 211 g/mol. The van der Waals surface area contributed by atoms with Crippen LogP contribution in [0.25, 0.3) is 0 Å². The first-order chi connectivity index (χ1) is 7.07. The van der Waals surface area contributed by atoms with E-state index in [1.807, 2.05) is 13.0 Å². The molecule has 5 N–H and O–H groups in total. The predicted molar refractivity (Wildman–Crippen MR) is 58.3 cm³/mol. The van der Waals surface area contributed by atoms with Gasteiger partial charge in [-0.15, -0.1) is 0 Å². The summed E-state index contributed by atoms with van der Waals surface area (Å²) in [6.45, 7) is 1.67. The van der Waals surface area contributed by atoms with Gasteiger partial charge in [-0.05, 0) is 18.9 Å². The van der Waals surface area contributed by atoms with Gasteiger partial charge in [0.1, 0.15) is 6.10 Å². The number of benzene rings is 1. The molecule has 0 fully saturated rings. The molecule has 0 heterocycles. The van der Waals surface area contributed by atoms with Crippen LogP contribution in [0.3, 0.4) is 0 Å². The Morgan fingerprint density at radius 1 is 1.33 bits per heavy atom. The first-order valence-electron chi connectivity index (χ1n) is 4.90. The van der Waals surface area contributed by atoms with Gasteiger partial charge in [-0.1, -0.05) is 18.2 Å². The van der Waals surface area contributed by atoms with Gasteiger partial charge in [0.2, 0.25) is 0 Å².